The van der Waals surface area contributed by atoms with Gasteiger partial charge in [0.1, 0.15) is 0 Å². The fraction of sp³-hybridized carbons (Fsp3) is 0.0952. The van der Waals surface area contributed by atoms with Crippen LogP contribution in [-0.2, 0) is 0 Å². The van der Waals surface area contributed by atoms with Crippen LogP contribution < -0.4 is 4.90 Å². The Morgan fingerprint density at radius 2 is 1.26 bits per heavy atom. The van der Waals surface area contributed by atoms with Crippen molar-refractivity contribution < 1.29 is 0 Å². The molecule has 5 aromatic carbocycles. The second-order valence-electron chi connectivity index (χ2n) is 11.2. The van der Waals surface area contributed by atoms with Gasteiger partial charge in [0.15, 0.2) is 0 Å². The van der Waals surface area contributed by atoms with Crippen molar-refractivity contribution in [3.05, 3.63) is 187 Å². The molecule has 1 heteroatoms. The van der Waals surface area contributed by atoms with E-state index < -0.39 is 0 Å². The lowest BCUT2D eigenvalue weighted by Crippen LogP contribution is -2.17. The van der Waals surface area contributed by atoms with E-state index in [-0.39, 0.29) is 0 Å². The largest absolute Gasteiger partial charge is 0.311 e. The molecule has 0 radical (unpaired) electrons. The van der Waals surface area contributed by atoms with E-state index in [1.54, 1.807) is 0 Å². The smallest absolute Gasteiger partial charge is 0.0467 e. The minimum atomic E-state index is 0.401. The fourth-order valence-corrected chi connectivity index (χ4v) is 6.24. The van der Waals surface area contributed by atoms with Gasteiger partial charge in [-0.1, -0.05) is 140 Å². The highest BCUT2D eigenvalue weighted by molar-refractivity contribution is 5.87. The summed E-state index contributed by atoms with van der Waals surface area (Å²) in [7, 11) is 0. The van der Waals surface area contributed by atoms with Crippen molar-refractivity contribution >= 4 is 16.9 Å². The zero-order chi connectivity index (χ0) is 28.8. The quantitative estimate of drug-likeness (QED) is 0.194. The second-order valence-corrected chi connectivity index (χ2v) is 11.2. The molecule has 208 valence electrons. The monoisotopic (exact) mass is 553 g/mol. The molecule has 1 nitrogen and oxygen atoms in total. The van der Waals surface area contributed by atoms with Crippen LogP contribution in [0.3, 0.4) is 0 Å². The van der Waals surface area contributed by atoms with E-state index in [1.807, 2.05) is 0 Å². The normalized spacial score (nSPS) is 16.0. The molecule has 5 aromatic rings. The average molecular weight is 554 g/mol. The lowest BCUT2D eigenvalue weighted by molar-refractivity contribution is 0.840. The van der Waals surface area contributed by atoms with Crippen molar-refractivity contribution in [2.45, 2.75) is 25.2 Å². The molecule has 2 aliphatic carbocycles. The molecule has 0 aromatic heterocycles. The Bertz CT molecular complexity index is 1810. The molecular weight excluding hydrogens is 518 g/mol. The number of benzene rings is 5. The van der Waals surface area contributed by atoms with Crippen LogP contribution in [0.2, 0.25) is 0 Å². The van der Waals surface area contributed by atoms with E-state index in [0.29, 0.717) is 5.92 Å². The van der Waals surface area contributed by atoms with Crippen molar-refractivity contribution in [3.8, 4) is 22.3 Å². The summed E-state index contributed by atoms with van der Waals surface area (Å²) in [6.45, 7) is 0. The zero-order valence-electron chi connectivity index (χ0n) is 24.3. The molecule has 0 amide bonds. The van der Waals surface area contributed by atoms with Crippen LogP contribution in [0.5, 0.6) is 0 Å². The van der Waals surface area contributed by atoms with Crippen molar-refractivity contribution in [1.29, 1.82) is 0 Å². The molecule has 2 aliphatic rings. The van der Waals surface area contributed by atoms with Gasteiger partial charge in [-0.15, -0.1) is 0 Å². The number of nitrogens with zero attached hydrogens (tertiary/aromatic N) is 1. The molecule has 0 N–H and O–H groups in total. The van der Waals surface area contributed by atoms with Crippen LogP contribution in [0.4, 0.5) is 11.4 Å². The van der Waals surface area contributed by atoms with E-state index in [4.69, 9.17) is 0 Å². The minimum absolute atomic E-state index is 0.401. The van der Waals surface area contributed by atoms with E-state index in [1.165, 1.54) is 56.0 Å². The summed E-state index contributed by atoms with van der Waals surface area (Å²) >= 11 is 0. The van der Waals surface area contributed by atoms with Crippen LogP contribution >= 0.6 is 0 Å². The van der Waals surface area contributed by atoms with Crippen LogP contribution in [-0.4, -0.2) is 0 Å². The summed E-state index contributed by atoms with van der Waals surface area (Å²) in [6.07, 6.45) is 16.9. The zero-order valence-corrected chi connectivity index (χ0v) is 24.3. The molecule has 0 saturated heterocycles. The topological polar surface area (TPSA) is 3.24 Å². The van der Waals surface area contributed by atoms with E-state index >= 15 is 0 Å². The van der Waals surface area contributed by atoms with Gasteiger partial charge >= 0.3 is 0 Å². The molecule has 1 atom stereocenters. The SMILES string of the molecule is C1=CCCC(c2cc(N(C3=CCC(c4ccccc4)C=C3)c3ccccc3)ccc2-c2ccc(-c3ccccc3)cc2)=C1. The molecule has 0 saturated carbocycles. The third kappa shape index (κ3) is 5.80. The van der Waals surface area contributed by atoms with Gasteiger partial charge in [-0.2, -0.15) is 0 Å². The van der Waals surface area contributed by atoms with Gasteiger partial charge in [-0.05, 0) is 88.6 Å². The van der Waals surface area contributed by atoms with Crippen molar-refractivity contribution in [3.63, 3.8) is 0 Å². The predicted molar refractivity (Wildman–Crippen MR) is 183 cm³/mol. The first-order chi connectivity index (χ1) is 21.3. The number of hydrogen-bond donors (Lipinski definition) is 0. The first-order valence-corrected chi connectivity index (χ1v) is 15.3. The molecule has 0 fully saturated rings. The highest BCUT2D eigenvalue weighted by atomic mass is 15.1. The van der Waals surface area contributed by atoms with Crippen LogP contribution in [0.15, 0.2) is 176 Å². The second kappa shape index (κ2) is 12.4. The summed E-state index contributed by atoms with van der Waals surface area (Å²) in [5.74, 6) is 0.401. The van der Waals surface area contributed by atoms with Gasteiger partial charge in [0, 0.05) is 23.0 Å². The standard InChI is InChI=1S/C42H35N/c1-5-13-32(14-6-1)34-21-23-37(24-22-34)41-30-29-40(31-42(41)36-17-9-3-10-18-36)43(38-19-11-4-12-20-38)39-27-25-35(26-28-39)33-15-7-2-8-16-33/h1-9,11-17,19-25,27-31,35H,10,18,26H2. The summed E-state index contributed by atoms with van der Waals surface area (Å²) in [4.78, 5) is 2.41. The number of anilines is 2. The van der Waals surface area contributed by atoms with E-state index in [2.05, 4.69) is 175 Å². The number of rotatable bonds is 7. The lowest BCUT2D eigenvalue weighted by Gasteiger charge is -2.30. The van der Waals surface area contributed by atoms with Gasteiger partial charge in [-0.25, -0.2) is 0 Å². The van der Waals surface area contributed by atoms with Crippen molar-refractivity contribution in [2.24, 2.45) is 0 Å². The van der Waals surface area contributed by atoms with E-state index in [0.717, 1.165) is 19.3 Å². The minimum Gasteiger partial charge on any atom is -0.311 e. The van der Waals surface area contributed by atoms with Gasteiger partial charge in [0.2, 0.25) is 0 Å². The predicted octanol–water partition coefficient (Wildman–Crippen LogP) is 11.5. The molecule has 0 spiro atoms. The molecule has 43 heavy (non-hydrogen) atoms. The molecule has 1 unspecified atom stereocenters. The Morgan fingerprint density at radius 1 is 0.581 bits per heavy atom. The highest BCUT2D eigenvalue weighted by Crippen LogP contribution is 2.40. The van der Waals surface area contributed by atoms with Crippen LogP contribution in [0.1, 0.15) is 36.3 Å². The van der Waals surface area contributed by atoms with Crippen molar-refractivity contribution in [2.75, 3.05) is 4.90 Å². The summed E-state index contributed by atoms with van der Waals surface area (Å²) in [5, 5.41) is 0. The fourth-order valence-electron chi connectivity index (χ4n) is 6.24. The van der Waals surface area contributed by atoms with Gasteiger partial charge in [0.05, 0.1) is 0 Å². The number of para-hydroxylation sites is 1. The Kier molecular flexibility index (Phi) is 7.70. The average Bonchev–Trinajstić information content (AvgIpc) is 3.10. The lowest BCUT2D eigenvalue weighted by atomic mass is 9.88. The Morgan fingerprint density at radius 3 is 1.93 bits per heavy atom. The summed E-state index contributed by atoms with van der Waals surface area (Å²) < 4.78 is 0. The molecule has 0 heterocycles. The molecular formula is C42H35N. The van der Waals surface area contributed by atoms with Crippen LogP contribution in [0, 0.1) is 0 Å². The Balaban J connectivity index is 1.29. The first kappa shape index (κ1) is 26.7. The van der Waals surface area contributed by atoms with Gasteiger partial charge in [-0.3, -0.25) is 0 Å². The molecule has 0 bridgehead atoms. The molecule has 7 rings (SSSR count). The number of hydrogen-bond acceptors (Lipinski definition) is 1. The highest BCUT2D eigenvalue weighted by Gasteiger charge is 2.20. The summed E-state index contributed by atoms with van der Waals surface area (Å²) in [6, 6.07) is 48.2. The van der Waals surface area contributed by atoms with Crippen LogP contribution in [0.25, 0.3) is 27.8 Å². The molecule has 0 aliphatic heterocycles. The van der Waals surface area contributed by atoms with Crippen molar-refractivity contribution in [1.82, 2.24) is 0 Å². The third-order valence-corrected chi connectivity index (χ3v) is 8.50. The Hall–Kier alpha value is -5.14. The maximum absolute atomic E-state index is 2.41. The van der Waals surface area contributed by atoms with Gasteiger partial charge < -0.3 is 4.90 Å². The number of allylic oxidation sites excluding steroid dienone is 7. The maximum Gasteiger partial charge on any atom is 0.0467 e. The summed E-state index contributed by atoms with van der Waals surface area (Å²) in [5.41, 5.74) is 12.6. The van der Waals surface area contributed by atoms with E-state index in [9.17, 15) is 0 Å². The first-order valence-electron chi connectivity index (χ1n) is 15.3. The third-order valence-electron chi connectivity index (χ3n) is 8.50. The van der Waals surface area contributed by atoms with Gasteiger partial charge in [0.25, 0.3) is 0 Å². The Labute approximate surface area is 255 Å². The maximum atomic E-state index is 2.41.